The minimum atomic E-state index is -0.866. The number of fused-ring (bicyclic) bond motifs is 1. The topological polar surface area (TPSA) is 53.1 Å². The Balaban J connectivity index is 2.29. The molecule has 0 unspecified atom stereocenters. The molecule has 1 aromatic carbocycles. The van der Waals surface area contributed by atoms with Crippen LogP contribution in [-0.4, -0.2) is 16.1 Å². The van der Waals surface area contributed by atoms with Crippen molar-refractivity contribution in [1.29, 1.82) is 0 Å². The summed E-state index contributed by atoms with van der Waals surface area (Å²) < 4.78 is 0.895. The van der Waals surface area contributed by atoms with Crippen LogP contribution in [0.25, 0.3) is 10.9 Å². The van der Waals surface area contributed by atoms with E-state index in [2.05, 4.69) is 20.9 Å². The van der Waals surface area contributed by atoms with E-state index in [0.29, 0.717) is 11.5 Å². The van der Waals surface area contributed by atoms with E-state index < -0.39 is 5.97 Å². The van der Waals surface area contributed by atoms with Gasteiger partial charge >= 0.3 is 5.97 Å². The predicted molar refractivity (Wildman–Crippen MR) is 64.9 cm³/mol. The quantitative estimate of drug-likeness (QED) is 0.884. The summed E-state index contributed by atoms with van der Waals surface area (Å²) in [5.74, 6) is -0.320. The molecule has 1 saturated carbocycles. The van der Waals surface area contributed by atoms with Gasteiger partial charge in [-0.1, -0.05) is 0 Å². The van der Waals surface area contributed by atoms with E-state index >= 15 is 0 Å². The lowest BCUT2D eigenvalue weighted by atomic mass is 10.0. The lowest BCUT2D eigenvalue weighted by Crippen LogP contribution is -1.97. The number of hydrogen-bond acceptors (Lipinski definition) is 1. The summed E-state index contributed by atoms with van der Waals surface area (Å²) in [4.78, 5) is 14.2. The first-order valence-corrected chi connectivity index (χ1v) is 6.00. The Kier molecular flexibility index (Phi) is 2.07. The summed E-state index contributed by atoms with van der Waals surface area (Å²) in [6, 6.07) is 5.52. The summed E-state index contributed by atoms with van der Waals surface area (Å²) in [6.45, 7) is 0. The van der Waals surface area contributed by atoms with E-state index in [9.17, 15) is 4.79 Å². The molecule has 2 N–H and O–H groups in total. The Morgan fingerprint density at radius 2 is 2.12 bits per heavy atom. The van der Waals surface area contributed by atoms with Crippen LogP contribution in [0.1, 0.15) is 34.7 Å². The number of aromatic carboxylic acids is 1. The summed E-state index contributed by atoms with van der Waals surface area (Å²) in [6.07, 6.45) is 2.34. The average molecular weight is 280 g/mol. The van der Waals surface area contributed by atoms with Gasteiger partial charge in [-0.05, 0) is 58.5 Å². The van der Waals surface area contributed by atoms with Gasteiger partial charge in [0.2, 0.25) is 0 Å². The third-order valence-electron chi connectivity index (χ3n) is 3.00. The Morgan fingerprint density at radius 3 is 2.75 bits per heavy atom. The Hall–Kier alpha value is -1.29. The van der Waals surface area contributed by atoms with E-state index in [4.69, 9.17) is 5.11 Å². The van der Waals surface area contributed by atoms with Crippen LogP contribution in [0.5, 0.6) is 0 Å². The second kappa shape index (κ2) is 3.35. The van der Waals surface area contributed by atoms with Crippen LogP contribution in [0, 0.1) is 0 Å². The van der Waals surface area contributed by atoms with Crippen molar-refractivity contribution in [3.05, 3.63) is 33.9 Å². The van der Waals surface area contributed by atoms with Crippen molar-refractivity contribution in [2.75, 3.05) is 0 Å². The highest BCUT2D eigenvalue weighted by Crippen LogP contribution is 2.44. The van der Waals surface area contributed by atoms with Gasteiger partial charge in [0.05, 0.1) is 10.2 Å². The number of H-pyrrole nitrogens is 1. The number of hydrogen-bond donors (Lipinski definition) is 2. The molecule has 4 heteroatoms. The van der Waals surface area contributed by atoms with Crippen LogP contribution < -0.4 is 0 Å². The van der Waals surface area contributed by atoms with Gasteiger partial charge in [-0.15, -0.1) is 0 Å². The van der Waals surface area contributed by atoms with Crippen LogP contribution in [0.4, 0.5) is 0 Å². The van der Waals surface area contributed by atoms with Gasteiger partial charge in [0.15, 0.2) is 0 Å². The maximum atomic E-state index is 11.0. The fourth-order valence-electron chi connectivity index (χ4n) is 2.09. The average Bonchev–Trinajstić information content (AvgIpc) is 2.98. The first-order chi connectivity index (χ1) is 7.65. The second-order valence-corrected chi connectivity index (χ2v) is 5.08. The van der Waals surface area contributed by atoms with E-state index in [0.717, 1.165) is 21.1 Å². The van der Waals surface area contributed by atoms with Gasteiger partial charge in [0, 0.05) is 10.9 Å². The van der Waals surface area contributed by atoms with Crippen molar-refractivity contribution in [1.82, 2.24) is 4.98 Å². The van der Waals surface area contributed by atoms with Crippen molar-refractivity contribution >= 4 is 32.8 Å². The molecule has 3 rings (SSSR count). The van der Waals surface area contributed by atoms with E-state index in [1.807, 2.05) is 12.1 Å². The van der Waals surface area contributed by atoms with Gasteiger partial charge in [0.25, 0.3) is 0 Å². The summed E-state index contributed by atoms with van der Waals surface area (Å²) in [5.41, 5.74) is 2.43. The van der Waals surface area contributed by atoms with Gasteiger partial charge in [-0.25, -0.2) is 4.79 Å². The Bertz CT molecular complexity index is 584. The Morgan fingerprint density at radius 1 is 1.38 bits per heavy atom. The molecule has 1 heterocycles. The fraction of sp³-hybridized carbons (Fsp3) is 0.250. The fourth-order valence-corrected chi connectivity index (χ4v) is 2.53. The zero-order chi connectivity index (χ0) is 11.3. The van der Waals surface area contributed by atoms with Gasteiger partial charge in [0.1, 0.15) is 0 Å². The summed E-state index contributed by atoms with van der Waals surface area (Å²) in [5, 5.41) is 10.2. The van der Waals surface area contributed by atoms with E-state index in [1.165, 1.54) is 12.8 Å². The summed E-state index contributed by atoms with van der Waals surface area (Å²) >= 11 is 3.39. The highest BCUT2D eigenvalue weighted by Gasteiger charge is 2.27. The van der Waals surface area contributed by atoms with Crippen molar-refractivity contribution in [2.24, 2.45) is 0 Å². The van der Waals surface area contributed by atoms with Gasteiger partial charge in [-0.2, -0.15) is 0 Å². The predicted octanol–water partition coefficient (Wildman–Crippen LogP) is 3.51. The molecule has 0 saturated heterocycles. The van der Waals surface area contributed by atoms with E-state index in [-0.39, 0.29) is 0 Å². The molecule has 0 radical (unpaired) electrons. The van der Waals surface area contributed by atoms with E-state index in [1.54, 1.807) is 6.07 Å². The number of benzene rings is 1. The molecule has 0 atom stereocenters. The first-order valence-electron chi connectivity index (χ1n) is 5.20. The Labute approximate surface area is 101 Å². The molecule has 1 aliphatic carbocycles. The highest BCUT2D eigenvalue weighted by molar-refractivity contribution is 9.10. The monoisotopic (exact) mass is 279 g/mol. The molecule has 1 fully saturated rings. The molecule has 3 nitrogen and oxygen atoms in total. The van der Waals surface area contributed by atoms with Gasteiger partial charge in [-0.3, -0.25) is 0 Å². The molecule has 16 heavy (non-hydrogen) atoms. The van der Waals surface area contributed by atoms with Crippen LogP contribution >= 0.6 is 15.9 Å². The number of halogens is 1. The third-order valence-corrected chi connectivity index (χ3v) is 3.43. The normalized spacial score (nSPS) is 15.6. The lowest BCUT2D eigenvalue weighted by Gasteiger charge is -2.03. The molecule has 0 amide bonds. The van der Waals surface area contributed by atoms with Crippen molar-refractivity contribution in [2.45, 2.75) is 18.8 Å². The molecule has 82 valence electrons. The van der Waals surface area contributed by atoms with Crippen LogP contribution in [0.3, 0.4) is 0 Å². The first kappa shape index (κ1) is 9.90. The van der Waals surface area contributed by atoms with Crippen molar-refractivity contribution < 1.29 is 9.90 Å². The van der Waals surface area contributed by atoms with Crippen molar-refractivity contribution in [3.63, 3.8) is 0 Å². The maximum Gasteiger partial charge on any atom is 0.335 e. The molecule has 1 aromatic heterocycles. The minimum Gasteiger partial charge on any atom is -0.478 e. The lowest BCUT2D eigenvalue weighted by molar-refractivity contribution is 0.0697. The third kappa shape index (κ3) is 1.53. The minimum absolute atomic E-state index is 0.365. The maximum absolute atomic E-state index is 11.0. The molecule has 0 bridgehead atoms. The number of carbonyl (C=O) groups is 1. The standard InChI is InChI=1S/C12H10BrNO2/c13-11-5-9-8(6-1-2-6)3-7(12(15)16)4-10(9)14-11/h3-6,14H,1-2H2,(H,15,16). The molecule has 0 spiro atoms. The zero-order valence-electron chi connectivity index (χ0n) is 8.46. The number of nitrogens with one attached hydrogen (secondary N) is 1. The smallest absolute Gasteiger partial charge is 0.335 e. The largest absolute Gasteiger partial charge is 0.478 e. The van der Waals surface area contributed by atoms with Crippen LogP contribution in [0.2, 0.25) is 0 Å². The molecule has 1 aliphatic rings. The number of carboxylic acid groups (broad SMARTS) is 1. The van der Waals surface area contributed by atoms with Crippen LogP contribution in [-0.2, 0) is 0 Å². The zero-order valence-corrected chi connectivity index (χ0v) is 10.0. The number of aromatic nitrogens is 1. The molecule has 0 aliphatic heterocycles. The van der Waals surface area contributed by atoms with Crippen LogP contribution in [0.15, 0.2) is 22.8 Å². The summed E-state index contributed by atoms with van der Waals surface area (Å²) in [7, 11) is 0. The second-order valence-electron chi connectivity index (χ2n) is 4.22. The van der Waals surface area contributed by atoms with Gasteiger partial charge < -0.3 is 10.1 Å². The number of carboxylic acids is 1. The van der Waals surface area contributed by atoms with Crippen molar-refractivity contribution in [3.8, 4) is 0 Å². The molecular formula is C12H10BrNO2. The highest BCUT2D eigenvalue weighted by atomic mass is 79.9. The molecular weight excluding hydrogens is 270 g/mol. The number of rotatable bonds is 2. The number of aromatic amines is 1. The molecule has 2 aromatic rings. The SMILES string of the molecule is O=C(O)c1cc(C2CC2)c2cc(Br)[nH]c2c1.